The van der Waals surface area contributed by atoms with Crippen molar-refractivity contribution in [2.75, 3.05) is 6.61 Å². The molecule has 1 fully saturated rings. The number of ether oxygens (including phenoxy) is 1. The van der Waals surface area contributed by atoms with E-state index in [9.17, 15) is 52.4 Å². The molecule has 1 aliphatic heterocycles. The number of rotatable bonds is 8. The Bertz CT molecular complexity index is 1030. The molecule has 16 nitrogen and oxygen atoms in total. The molecular formula is C9H10FN2Na4O14P3. The Labute approximate surface area is 272 Å². The molecule has 5 unspecified atom stereocenters. The van der Waals surface area contributed by atoms with E-state index < -0.39 is 65.6 Å². The average Bonchev–Trinajstić information content (AvgIpc) is 2.86. The van der Waals surface area contributed by atoms with Crippen LogP contribution in [0, 0.1) is 5.82 Å². The fraction of sp³-hybridized carbons (Fsp3) is 0.556. The number of nitrogens with zero attached hydrogens (tertiary/aromatic N) is 1. The Morgan fingerprint density at radius 1 is 1.09 bits per heavy atom. The number of halogens is 1. The van der Waals surface area contributed by atoms with E-state index >= 15 is 0 Å². The first-order chi connectivity index (χ1) is 13.1. The van der Waals surface area contributed by atoms with E-state index in [1.807, 2.05) is 0 Å². The van der Waals surface area contributed by atoms with Gasteiger partial charge in [0, 0.05) is 6.42 Å². The zero-order chi connectivity index (χ0) is 22.2. The van der Waals surface area contributed by atoms with Gasteiger partial charge in [0.15, 0.2) is 0 Å². The maximum atomic E-state index is 13.3. The SMILES string of the molecule is O=c1[nH]c(=O)n(C2CC(O)C(COP(=O)([O-])OP(=O)([O-])OP(=O)([O-])[O-])O2)cc1F.[Na+].[Na+].[Na+].[Na+]. The van der Waals surface area contributed by atoms with Crippen molar-refractivity contribution in [3.63, 3.8) is 0 Å². The van der Waals surface area contributed by atoms with E-state index in [-0.39, 0.29) is 125 Å². The molecule has 0 saturated carbocycles. The summed E-state index contributed by atoms with van der Waals surface area (Å²) in [4.78, 5) is 67.2. The minimum atomic E-state index is -6.15. The van der Waals surface area contributed by atoms with Gasteiger partial charge in [-0.2, -0.15) is 4.39 Å². The van der Waals surface area contributed by atoms with Crippen molar-refractivity contribution in [1.29, 1.82) is 0 Å². The second kappa shape index (κ2) is 16.1. The van der Waals surface area contributed by atoms with Crippen LogP contribution >= 0.6 is 23.5 Å². The molecule has 0 radical (unpaired) electrons. The predicted molar refractivity (Wildman–Crippen MR) is 76.8 cm³/mol. The van der Waals surface area contributed by atoms with E-state index in [4.69, 9.17) is 4.74 Å². The summed E-state index contributed by atoms with van der Waals surface area (Å²) in [5.74, 6) is -1.35. The number of aromatic nitrogens is 2. The molecule has 0 bridgehead atoms. The van der Waals surface area contributed by atoms with Crippen molar-refractivity contribution in [2.45, 2.75) is 24.9 Å². The number of hydrogen-bond acceptors (Lipinski definition) is 14. The van der Waals surface area contributed by atoms with Gasteiger partial charge in [-0.15, -0.1) is 0 Å². The number of phosphoric ester groups is 1. The summed E-state index contributed by atoms with van der Waals surface area (Å²) >= 11 is 0. The number of aliphatic hydroxyl groups is 1. The van der Waals surface area contributed by atoms with E-state index in [2.05, 4.69) is 13.1 Å². The summed E-state index contributed by atoms with van der Waals surface area (Å²) in [5, 5.41) is 9.84. The first kappa shape index (κ1) is 40.4. The normalized spacial score (nSPS) is 23.5. The van der Waals surface area contributed by atoms with Crippen molar-refractivity contribution in [3.05, 3.63) is 32.9 Å². The Morgan fingerprint density at radius 3 is 2.15 bits per heavy atom. The third kappa shape index (κ3) is 13.5. The summed E-state index contributed by atoms with van der Waals surface area (Å²) in [6.45, 7) is -1.09. The zero-order valence-corrected chi connectivity index (χ0v) is 28.3. The van der Waals surface area contributed by atoms with Gasteiger partial charge in [0.25, 0.3) is 21.2 Å². The summed E-state index contributed by atoms with van der Waals surface area (Å²) in [6, 6.07) is 0. The van der Waals surface area contributed by atoms with Crippen LogP contribution in [-0.2, 0) is 31.6 Å². The van der Waals surface area contributed by atoms with Crippen LogP contribution in [0.1, 0.15) is 12.6 Å². The van der Waals surface area contributed by atoms with Crippen LogP contribution in [0.4, 0.5) is 4.39 Å². The largest absolute Gasteiger partial charge is 1.00 e. The van der Waals surface area contributed by atoms with Gasteiger partial charge in [0.05, 0.1) is 26.7 Å². The fourth-order valence-corrected chi connectivity index (χ4v) is 5.02. The Balaban J connectivity index is -0.00000225. The second-order valence-electron chi connectivity index (χ2n) is 5.38. The van der Waals surface area contributed by atoms with Gasteiger partial charge < -0.3 is 38.5 Å². The fourth-order valence-electron chi connectivity index (χ4n) is 2.16. The van der Waals surface area contributed by atoms with Crippen molar-refractivity contribution in [1.82, 2.24) is 9.55 Å². The molecule has 5 atom stereocenters. The van der Waals surface area contributed by atoms with Crippen molar-refractivity contribution in [3.8, 4) is 0 Å². The Morgan fingerprint density at radius 2 is 1.64 bits per heavy atom. The van der Waals surface area contributed by atoms with Crippen LogP contribution in [0.25, 0.3) is 0 Å². The van der Waals surface area contributed by atoms with Gasteiger partial charge in [-0.25, -0.2) is 9.11 Å². The predicted octanol–water partition coefficient (Wildman–Crippen LogP) is -15.8. The van der Waals surface area contributed by atoms with Crippen LogP contribution < -0.4 is 149 Å². The van der Waals surface area contributed by atoms with E-state index in [0.29, 0.717) is 10.8 Å². The number of H-pyrrole nitrogens is 1. The van der Waals surface area contributed by atoms with Crippen LogP contribution in [0.3, 0.4) is 0 Å². The van der Waals surface area contributed by atoms with Crippen LogP contribution in [0.5, 0.6) is 0 Å². The molecule has 33 heavy (non-hydrogen) atoms. The first-order valence-electron chi connectivity index (χ1n) is 7.14. The van der Waals surface area contributed by atoms with Gasteiger partial charge in [0.2, 0.25) is 5.82 Å². The summed E-state index contributed by atoms with van der Waals surface area (Å²) in [5.41, 5.74) is -2.41. The number of aromatic amines is 1. The molecule has 2 rings (SSSR count). The van der Waals surface area contributed by atoms with Crippen LogP contribution in [0.2, 0.25) is 0 Å². The summed E-state index contributed by atoms with van der Waals surface area (Å²) in [6.07, 6.45) is -4.27. The zero-order valence-electron chi connectivity index (χ0n) is 17.6. The third-order valence-corrected chi connectivity index (χ3v) is 6.90. The topological polar surface area (TPSA) is 255 Å². The molecule has 2 N–H and O–H groups in total. The molecule has 0 aliphatic carbocycles. The third-order valence-electron chi connectivity index (χ3n) is 3.24. The van der Waals surface area contributed by atoms with E-state index in [0.717, 1.165) is 0 Å². The summed E-state index contributed by atoms with van der Waals surface area (Å²) in [7, 11) is -18.1. The van der Waals surface area contributed by atoms with Gasteiger partial charge in [-0.05, 0) is 0 Å². The molecule has 1 saturated heterocycles. The molecule has 2 heterocycles. The van der Waals surface area contributed by atoms with Crippen molar-refractivity contribution < 1.29 is 179 Å². The molecule has 0 aromatic carbocycles. The molecule has 1 aliphatic rings. The van der Waals surface area contributed by atoms with Gasteiger partial charge in [-0.1, -0.05) is 0 Å². The second-order valence-corrected chi connectivity index (χ2v) is 9.62. The number of aliphatic hydroxyl groups excluding tert-OH is 1. The molecule has 1 aromatic rings. The van der Waals surface area contributed by atoms with Gasteiger partial charge in [0.1, 0.15) is 12.3 Å². The van der Waals surface area contributed by atoms with Gasteiger partial charge >= 0.3 is 124 Å². The molecule has 1 aromatic heterocycles. The van der Waals surface area contributed by atoms with Crippen molar-refractivity contribution >= 4 is 23.5 Å². The van der Waals surface area contributed by atoms with Crippen molar-refractivity contribution in [2.24, 2.45) is 0 Å². The van der Waals surface area contributed by atoms with Gasteiger partial charge in [-0.3, -0.25) is 27.8 Å². The maximum absolute atomic E-state index is 13.3. The standard InChI is InChI=1S/C9H14FN2O14P3.4Na/c10-4-2-12(9(15)11-8(4)14)7-1-5(13)6(24-7)3-23-28(19,20)26-29(21,22)25-27(16,17)18;;;;/h2,5-7,13H,1,3H2,(H,19,20)(H,21,22)(H,11,14,15)(H2,16,17,18);;;;/q;4*+1/p-4. The van der Waals surface area contributed by atoms with E-state index in [1.54, 1.807) is 4.98 Å². The smallest absolute Gasteiger partial charge is 0.790 e. The molecule has 24 heteroatoms. The minimum absolute atomic E-state index is 0. The number of hydrogen-bond donors (Lipinski definition) is 2. The maximum Gasteiger partial charge on any atom is 1.00 e. The molecular weight excluding hydrogens is 564 g/mol. The van der Waals surface area contributed by atoms with Crippen LogP contribution in [0.15, 0.2) is 15.8 Å². The molecule has 166 valence electrons. The quantitative estimate of drug-likeness (QED) is 0.216. The molecule has 0 amide bonds. The monoisotopic (exact) mass is 574 g/mol. The number of phosphoric acid groups is 3. The average molecular weight is 574 g/mol. The molecule has 0 spiro atoms. The Hall–Kier alpha value is 2.94. The number of nitrogens with one attached hydrogen (secondary N) is 1. The van der Waals surface area contributed by atoms with Crippen LogP contribution in [-0.4, -0.2) is 33.5 Å². The Kier molecular flexibility index (Phi) is 19.8. The minimum Gasteiger partial charge on any atom is -0.790 e. The first-order valence-corrected chi connectivity index (χ1v) is 11.5. The summed E-state index contributed by atoms with van der Waals surface area (Å²) < 4.78 is 62.1. The van der Waals surface area contributed by atoms with E-state index in [1.165, 1.54) is 0 Å².